The first-order valence-corrected chi connectivity index (χ1v) is 6.20. The lowest BCUT2D eigenvalue weighted by Crippen LogP contribution is -2.36. The average molecular weight is 315 g/mol. The zero-order valence-corrected chi connectivity index (χ0v) is 11.5. The number of ether oxygens (including phenoxy) is 1. The minimum Gasteiger partial charge on any atom is -0.451 e. The SMILES string of the molecule is Cc1ccn2cc(C(=O)OCC(=O)NCC(F)(F)F)nc2c1. The van der Waals surface area contributed by atoms with Crippen LogP contribution < -0.4 is 5.32 Å². The number of amides is 1. The van der Waals surface area contributed by atoms with E-state index in [9.17, 15) is 22.8 Å². The van der Waals surface area contributed by atoms with E-state index in [1.807, 2.05) is 13.0 Å². The number of alkyl halides is 3. The Morgan fingerprint density at radius 1 is 1.41 bits per heavy atom. The molecule has 0 aromatic carbocycles. The predicted octanol–water partition coefficient (Wildman–Crippen LogP) is 1.48. The molecule has 0 atom stereocenters. The van der Waals surface area contributed by atoms with Crippen LogP contribution in [-0.2, 0) is 9.53 Å². The first-order chi connectivity index (χ1) is 10.2. The van der Waals surface area contributed by atoms with E-state index in [0.717, 1.165) is 5.56 Å². The van der Waals surface area contributed by atoms with Crippen LogP contribution in [0.15, 0.2) is 24.5 Å². The number of nitrogens with one attached hydrogen (secondary N) is 1. The molecular weight excluding hydrogens is 303 g/mol. The Bertz CT molecular complexity index is 709. The van der Waals surface area contributed by atoms with E-state index in [1.54, 1.807) is 22.0 Å². The van der Waals surface area contributed by atoms with Gasteiger partial charge in [-0.3, -0.25) is 4.79 Å². The highest BCUT2D eigenvalue weighted by atomic mass is 19.4. The number of carbonyl (C=O) groups is 2. The van der Waals surface area contributed by atoms with Gasteiger partial charge in [-0.25, -0.2) is 9.78 Å². The van der Waals surface area contributed by atoms with Crippen molar-refractivity contribution in [3.63, 3.8) is 0 Å². The summed E-state index contributed by atoms with van der Waals surface area (Å²) in [6, 6.07) is 3.56. The number of esters is 1. The van der Waals surface area contributed by atoms with Gasteiger partial charge in [-0.15, -0.1) is 0 Å². The second-order valence-corrected chi connectivity index (χ2v) is 4.56. The summed E-state index contributed by atoms with van der Waals surface area (Å²) in [5.74, 6) is -1.92. The van der Waals surface area contributed by atoms with Gasteiger partial charge in [0.05, 0.1) is 0 Å². The van der Waals surface area contributed by atoms with Crippen molar-refractivity contribution in [3.8, 4) is 0 Å². The fraction of sp³-hybridized carbons (Fsp3) is 0.308. The molecule has 2 rings (SSSR count). The van der Waals surface area contributed by atoms with Crippen LogP contribution in [-0.4, -0.2) is 40.6 Å². The number of fused-ring (bicyclic) bond motifs is 1. The maximum absolute atomic E-state index is 11.9. The van der Waals surface area contributed by atoms with Crippen LogP contribution in [0.1, 0.15) is 16.1 Å². The maximum Gasteiger partial charge on any atom is 0.405 e. The number of rotatable bonds is 4. The van der Waals surface area contributed by atoms with Gasteiger partial charge in [0, 0.05) is 12.4 Å². The summed E-state index contributed by atoms with van der Waals surface area (Å²) in [6.45, 7) is -0.420. The van der Waals surface area contributed by atoms with Gasteiger partial charge < -0.3 is 14.5 Å². The van der Waals surface area contributed by atoms with Crippen LogP contribution in [0.3, 0.4) is 0 Å². The van der Waals surface area contributed by atoms with Crippen molar-refractivity contribution in [2.45, 2.75) is 13.1 Å². The molecule has 118 valence electrons. The van der Waals surface area contributed by atoms with Crippen molar-refractivity contribution >= 4 is 17.5 Å². The molecule has 9 heteroatoms. The largest absolute Gasteiger partial charge is 0.451 e. The summed E-state index contributed by atoms with van der Waals surface area (Å²) in [4.78, 5) is 26.8. The van der Waals surface area contributed by atoms with Gasteiger partial charge in [-0.05, 0) is 24.6 Å². The second kappa shape index (κ2) is 6.04. The van der Waals surface area contributed by atoms with Gasteiger partial charge in [0.25, 0.3) is 5.91 Å². The number of halogens is 3. The highest BCUT2D eigenvalue weighted by Crippen LogP contribution is 2.12. The monoisotopic (exact) mass is 315 g/mol. The van der Waals surface area contributed by atoms with Crippen molar-refractivity contribution in [2.24, 2.45) is 0 Å². The van der Waals surface area contributed by atoms with Crippen LogP contribution in [0.2, 0.25) is 0 Å². The molecule has 22 heavy (non-hydrogen) atoms. The summed E-state index contributed by atoms with van der Waals surface area (Å²) in [5.41, 5.74) is 1.44. The van der Waals surface area contributed by atoms with Crippen molar-refractivity contribution in [1.29, 1.82) is 0 Å². The molecular formula is C13H12F3N3O3. The summed E-state index contributed by atoms with van der Waals surface area (Å²) in [6.07, 6.45) is -1.41. The molecule has 0 radical (unpaired) electrons. The Labute approximate surface area is 122 Å². The van der Waals surface area contributed by atoms with Gasteiger partial charge in [0.1, 0.15) is 12.2 Å². The molecule has 0 saturated carbocycles. The van der Waals surface area contributed by atoms with E-state index < -0.39 is 31.2 Å². The highest BCUT2D eigenvalue weighted by molar-refractivity contribution is 5.90. The van der Waals surface area contributed by atoms with Gasteiger partial charge in [0.2, 0.25) is 0 Å². The third-order valence-electron chi connectivity index (χ3n) is 2.65. The third-order valence-corrected chi connectivity index (χ3v) is 2.65. The third kappa shape index (κ3) is 4.21. The Morgan fingerprint density at radius 2 is 2.14 bits per heavy atom. The van der Waals surface area contributed by atoms with Crippen LogP contribution in [0.25, 0.3) is 5.65 Å². The normalized spacial score (nSPS) is 11.5. The van der Waals surface area contributed by atoms with Gasteiger partial charge in [-0.2, -0.15) is 13.2 Å². The number of aromatic nitrogens is 2. The number of imidazole rings is 1. The molecule has 0 aliphatic rings. The minimum absolute atomic E-state index is 0.0331. The van der Waals surface area contributed by atoms with Gasteiger partial charge in [-0.1, -0.05) is 0 Å². The molecule has 0 fully saturated rings. The van der Waals surface area contributed by atoms with Crippen molar-refractivity contribution < 1.29 is 27.5 Å². The van der Waals surface area contributed by atoms with E-state index in [0.29, 0.717) is 5.65 Å². The molecule has 0 spiro atoms. The molecule has 0 aliphatic carbocycles. The summed E-state index contributed by atoms with van der Waals surface area (Å²) < 4.78 is 41.9. The number of hydrogen-bond donors (Lipinski definition) is 1. The Hall–Kier alpha value is -2.58. The molecule has 0 aliphatic heterocycles. The van der Waals surface area contributed by atoms with Crippen molar-refractivity contribution in [2.75, 3.05) is 13.2 Å². The van der Waals surface area contributed by atoms with Gasteiger partial charge >= 0.3 is 12.1 Å². The average Bonchev–Trinajstić information content (AvgIpc) is 2.84. The van der Waals surface area contributed by atoms with Crippen molar-refractivity contribution in [1.82, 2.24) is 14.7 Å². The summed E-state index contributed by atoms with van der Waals surface area (Å²) >= 11 is 0. The fourth-order valence-corrected chi connectivity index (χ4v) is 1.64. The Kier molecular flexibility index (Phi) is 4.34. The lowest BCUT2D eigenvalue weighted by Gasteiger charge is -2.08. The van der Waals surface area contributed by atoms with E-state index in [2.05, 4.69) is 9.72 Å². The summed E-state index contributed by atoms with van der Waals surface area (Å²) in [7, 11) is 0. The Morgan fingerprint density at radius 3 is 2.82 bits per heavy atom. The minimum atomic E-state index is -4.51. The van der Waals surface area contributed by atoms with Crippen molar-refractivity contribution in [3.05, 3.63) is 35.8 Å². The zero-order valence-electron chi connectivity index (χ0n) is 11.5. The van der Waals surface area contributed by atoms with Crippen LogP contribution in [0, 0.1) is 6.92 Å². The first kappa shape index (κ1) is 15.8. The topological polar surface area (TPSA) is 72.7 Å². The molecule has 2 aromatic rings. The highest BCUT2D eigenvalue weighted by Gasteiger charge is 2.27. The lowest BCUT2D eigenvalue weighted by molar-refractivity contribution is -0.140. The number of hydrogen-bond acceptors (Lipinski definition) is 4. The molecule has 1 amide bonds. The van der Waals surface area contributed by atoms with Gasteiger partial charge in [0.15, 0.2) is 12.3 Å². The van der Waals surface area contributed by atoms with E-state index in [-0.39, 0.29) is 5.69 Å². The molecule has 1 N–H and O–H groups in total. The molecule has 0 bridgehead atoms. The van der Waals surface area contributed by atoms with Crippen LogP contribution in [0.5, 0.6) is 0 Å². The zero-order chi connectivity index (χ0) is 16.3. The Balaban J connectivity index is 1.92. The number of carbonyl (C=O) groups excluding carboxylic acids is 2. The first-order valence-electron chi connectivity index (χ1n) is 6.20. The molecule has 2 heterocycles. The maximum atomic E-state index is 11.9. The van der Waals surface area contributed by atoms with E-state index in [4.69, 9.17) is 0 Å². The van der Waals surface area contributed by atoms with E-state index >= 15 is 0 Å². The van der Waals surface area contributed by atoms with Crippen LogP contribution >= 0.6 is 0 Å². The van der Waals surface area contributed by atoms with Crippen LogP contribution in [0.4, 0.5) is 13.2 Å². The lowest BCUT2D eigenvalue weighted by atomic mass is 10.3. The summed E-state index contributed by atoms with van der Waals surface area (Å²) in [5, 5.41) is 1.60. The predicted molar refractivity (Wildman–Crippen MR) is 69.3 cm³/mol. The molecule has 0 unspecified atom stereocenters. The standard InChI is InChI=1S/C13H12F3N3O3/c1-8-2-3-19-5-9(18-10(19)4-8)12(21)22-6-11(20)17-7-13(14,15)16/h2-5H,6-7H2,1H3,(H,17,20). The molecule has 6 nitrogen and oxygen atoms in total. The van der Waals surface area contributed by atoms with E-state index in [1.165, 1.54) is 6.20 Å². The number of nitrogens with zero attached hydrogens (tertiary/aromatic N) is 2. The number of pyridine rings is 1. The number of aryl methyl sites for hydroxylation is 1. The second-order valence-electron chi connectivity index (χ2n) is 4.56. The molecule has 2 aromatic heterocycles. The molecule has 0 saturated heterocycles. The smallest absolute Gasteiger partial charge is 0.405 e. The quantitative estimate of drug-likeness (QED) is 0.868. The fourth-order valence-electron chi connectivity index (χ4n) is 1.64.